The first-order chi connectivity index (χ1) is 13.4. The number of primary amides is 1. The van der Waals surface area contributed by atoms with Crippen molar-refractivity contribution in [2.75, 3.05) is 0 Å². The van der Waals surface area contributed by atoms with Gasteiger partial charge in [-0.1, -0.05) is 18.2 Å². The highest BCUT2D eigenvalue weighted by molar-refractivity contribution is 5.82. The van der Waals surface area contributed by atoms with Crippen LogP contribution < -0.4 is 10.5 Å². The summed E-state index contributed by atoms with van der Waals surface area (Å²) in [7, 11) is 0. The van der Waals surface area contributed by atoms with E-state index in [2.05, 4.69) is 5.10 Å². The van der Waals surface area contributed by atoms with Gasteiger partial charge in [-0.3, -0.25) is 9.48 Å². The van der Waals surface area contributed by atoms with Gasteiger partial charge >= 0.3 is 0 Å². The van der Waals surface area contributed by atoms with Crippen LogP contribution in [0.25, 0.3) is 11.3 Å². The number of nitrogens with zero attached hydrogens (tertiary/aromatic N) is 2. The number of aromatic nitrogens is 2. The molecule has 2 aromatic carbocycles. The Hall–Kier alpha value is -3.15. The van der Waals surface area contributed by atoms with Crippen LogP contribution in [-0.4, -0.2) is 15.7 Å². The summed E-state index contributed by atoms with van der Waals surface area (Å²) in [6.45, 7) is 6.40. The predicted molar refractivity (Wildman–Crippen MR) is 106 cm³/mol. The topological polar surface area (TPSA) is 70.1 Å². The Labute approximate surface area is 163 Å². The van der Waals surface area contributed by atoms with Crippen LogP contribution in [0.1, 0.15) is 44.1 Å². The van der Waals surface area contributed by atoms with Crippen molar-refractivity contribution in [2.45, 2.75) is 39.3 Å². The van der Waals surface area contributed by atoms with Gasteiger partial charge in [-0.2, -0.15) is 5.10 Å². The number of benzene rings is 2. The maximum absolute atomic E-state index is 13.1. The molecule has 1 heterocycles. The Balaban J connectivity index is 1.89. The molecule has 0 saturated carbocycles. The normalized spacial score (nSPS) is 13.1. The second kappa shape index (κ2) is 8.25. The SMILES string of the molecule is CCn1nc(C(C)Oc2ccc(F)cc2)cc1-c1cccc(C(C)C(N)=O)c1. The van der Waals surface area contributed by atoms with Crippen molar-refractivity contribution in [1.82, 2.24) is 9.78 Å². The highest BCUT2D eigenvalue weighted by Crippen LogP contribution is 2.28. The van der Waals surface area contributed by atoms with E-state index in [-0.39, 0.29) is 23.7 Å². The molecule has 6 heteroatoms. The average molecular weight is 381 g/mol. The number of aryl methyl sites for hydroxylation is 1. The first-order valence-electron chi connectivity index (χ1n) is 9.28. The van der Waals surface area contributed by atoms with Crippen molar-refractivity contribution >= 4 is 5.91 Å². The van der Waals surface area contributed by atoms with Gasteiger partial charge in [0, 0.05) is 12.1 Å². The molecule has 2 atom stereocenters. The highest BCUT2D eigenvalue weighted by atomic mass is 19.1. The number of carbonyl (C=O) groups is 1. The minimum Gasteiger partial charge on any atom is -0.484 e. The van der Waals surface area contributed by atoms with Crippen LogP contribution >= 0.6 is 0 Å². The van der Waals surface area contributed by atoms with Crippen molar-refractivity contribution in [3.8, 4) is 17.0 Å². The number of carbonyl (C=O) groups excluding carboxylic acids is 1. The van der Waals surface area contributed by atoms with E-state index < -0.39 is 0 Å². The van der Waals surface area contributed by atoms with Crippen LogP contribution in [0.2, 0.25) is 0 Å². The van der Waals surface area contributed by atoms with Crippen molar-refractivity contribution in [3.05, 3.63) is 71.7 Å². The molecule has 0 bridgehead atoms. The summed E-state index contributed by atoms with van der Waals surface area (Å²) in [5.74, 6) is -0.442. The van der Waals surface area contributed by atoms with E-state index in [1.54, 1.807) is 19.1 Å². The fourth-order valence-corrected chi connectivity index (χ4v) is 3.02. The number of hydrogen-bond acceptors (Lipinski definition) is 3. The van der Waals surface area contributed by atoms with Crippen LogP contribution in [0.3, 0.4) is 0 Å². The van der Waals surface area contributed by atoms with E-state index in [0.717, 1.165) is 22.5 Å². The van der Waals surface area contributed by atoms with Gasteiger partial charge in [0.15, 0.2) is 0 Å². The maximum atomic E-state index is 13.1. The van der Waals surface area contributed by atoms with Crippen LogP contribution in [0, 0.1) is 5.82 Å². The quantitative estimate of drug-likeness (QED) is 0.658. The molecule has 2 unspecified atom stereocenters. The van der Waals surface area contributed by atoms with E-state index in [1.165, 1.54) is 12.1 Å². The van der Waals surface area contributed by atoms with Gasteiger partial charge in [0.05, 0.1) is 11.6 Å². The van der Waals surface area contributed by atoms with Gasteiger partial charge in [-0.15, -0.1) is 0 Å². The van der Waals surface area contributed by atoms with Crippen LogP contribution in [0.15, 0.2) is 54.6 Å². The lowest BCUT2D eigenvalue weighted by Gasteiger charge is -2.12. The lowest BCUT2D eigenvalue weighted by molar-refractivity contribution is -0.119. The van der Waals surface area contributed by atoms with Gasteiger partial charge < -0.3 is 10.5 Å². The molecule has 5 nitrogen and oxygen atoms in total. The predicted octanol–water partition coefficient (Wildman–Crippen LogP) is 4.44. The number of nitrogens with two attached hydrogens (primary N) is 1. The molecule has 0 aliphatic carbocycles. The van der Waals surface area contributed by atoms with Gasteiger partial charge in [0.1, 0.15) is 23.4 Å². The summed E-state index contributed by atoms with van der Waals surface area (Å²) in [4.78, 5) is 11.5. The molecule has 0 fully saturated rings. The molecule has 0 aliphatic heterocycles. The molecule has 146 valence electrons. The number of ether oxygens (including phenoxy) is 1. The van der Waals surface area contributed by atoms with Crippen molar-refractivity contribution in [3.63, 3.8) is 0 Å². The van der Waals surface area contributed by atoms with Crippen molar-refractivity contribution in [2.24, 2.45) is 5.73 Å². The molecular formula is C22H24FN3O2. The lowest BCUT2D eigenvalue weighted by atomic mass is 9.97. The molecule has 1 amide bonds. The summed E-state index contributed by atoms with van der Waals surface area (Å²) in [5.41, 5.74) is 8.98. The van der Waals surface area contributed by atoms with Crippen LogP contribution in [-0.2, 0) is 11.3 Å². The smallest absolute Gasteiger partial charge is 0.224 e. The summed E-state index contributed by atoms with van der Waals surface area (Å²) < 4.78 is 20.9. The number of amides is 1. The second-order valence-electron chi connectivity index (χ2n) is 6.73. The zero-order chi connectivity index (χ0) is 20.3. The number of hydrogen-bond donors (Lipinski definition) is 1. The molecule has 0 aliphatic rings. The van der Waals surface area contributed by atoms with E-state index in [9.17, 15) is 9.18 Å². The molecule has 2 N–H and O–H groups in total. The van der Waals surface area contributed by atoms with Gasteiger partial charge in [0.25, 0.3) is 0 Å². The van der Waals surface area contributed by atoms with Crippen molar-refractivity contribution in [1.29, 1.82) is 0 Å². The Bertz CT molecular complexity index is 966. The maximum Gasteiger partial charge on any atom is 0.224 e. The number of halogens is 1. The molecule has 0 radical (unpaired) electrons. The second-order valence-corrected chi connectivity index (χ2v) is 6.73. The fourth-order valence-electron chi connectivity index (χ4n) is 3.02. The molecular weight excluding hydrogens is 357 g/mol. The fraction of sp³-hybridized carbons (Fsp3) is 0.273. The van der Waals surface area contributed by atoms with Gasteiger partial charge in [0.2, 0.25) is 5.91 Å². The molecule has 3 rings (SSSR count). The summed E-state index contributed by atoms with van der Waals surface area (Å²) >= 11 is 0. The first-order valence-corrected chi connectivity index (χ1v) is 9.28. The minimum atomic E-state index is -0.363. The van der Waals surface area contributed by atoms with Gasteiger partial charge in [-0.05, 0) is 62.7 Å². The molecule has 28 heavy (non-hydrogen) atoms. The monoisotopic (exact) mass is 381 g/mol. The summed E-state index contributed by atoms with van der Waals surface area (Å²) in [6, 6.07) is 15.7. The minimum absolute atomic E-state index is 0.301. The third kappa shape index (κ3) is 4.22. The van der Waals surface area contributed by atoms with E-state index in [4.69, 9.17) is 10.5 Å². The largest absolute Gasteiger partial charge is 0.484 e. The molecule has 1 aromatic heterocycles. The van der Waals surface area contributed by atoms with Crippen LogP contribution in [0.5, 0.6) is 5.75 Å². The summed E-state index contributed by atoms with van der Waals surface area (Å²) in [5, 5.41) is 4.65. The Morgan fingerprint density at radius 2 is 1.89 bits per heavy atom. The Kier molecular flexibility index (Phi) is 5.78. The zero-order valence-electron chi connectivity index (χ0n) is 16.2. The molecule has 0 saturated heterocycles. The number of rotatable bonds is 7. The first kappa shape index (κ1) is 19.6. The third-order valence-corrected chi connectivity index (χ3v) is 4.75. The third-order valence-electron chi connectivity index (χ3n) is 4.75. The average Bonchev–Trinajstić information content (AvgIpc) is 3.14. The van der Waals surface area contributed by atoms with Crippen molar-refractivity contribution < 1.29 is 13.9 Å². The highest BCUT2D eigenvalue weighted by Gasteiger charge is 2.17. The van der Waals surface area contributed by atoms with Gasteiger partial charge in [-0.25, -0.2) is 4.39 Å². The molecule has 0 spiro atoms. The van der Waals surface area contributed by atoms with Crippen LogP contribution in [0.4, 0.5) is 4.39 Å². The standard InChI is InChI=1S/C22H24FN3O2/c1-4-26-21(17-7-5-6-16(12-17)14(2)22(24)27)13-20(25-26)15(3)28-19-10-8-18(23)9-11-19/h5-15H,4H2,1-3H3,(H2,24,27). The molecule has 3 aromatic rings. The van der Waals surface area contributed by atoms with E-state index in [1.807, 2.05) is 48.9 Å². The Morgan fingerprint density at radius 3 is 2.54 bits per heavy atom. The zero-order valence-corrected chi connectivity index (χ0v) is 16.2. The lowest BCUT2D eigenvalue weighted by Crippen LogP contribution is -2.18. The van der Waals surface area contributed by atoms with E-state index in [0.29, 0.717) is 12.3 Å². The Morgan fingerprint density at radius 1 is 1.18 bits per heavy atom. The summed E-state index contributed by atoms with van der Waals surface area (Å²) in [6.07, 6.45) is -0.301. The van der Waals surface area contributed by atoms with E-state index >= 15 is 0 Å².